The van der Waals surface area contributed by atoms with E-state index in [0.717, 1.165) is 6.42 Å². The third-order valence-electron chi connectivity index (χ3n) is 2.71. The molecule has 1 unspecified atom stereocenters. The van der Waals surface area contributed by atoms with Crippen LogP contribution in [0.1, 0.15) is 12.8 Å². The van der Waals surface area contributed by atoms with Crippen LogP contribution in [0, 0.1) is 0 Å². The summed E-state index contributed by atoms with van der Waals surface area (Å²) < 4.78 is 22.2. The van der Waals surface area contributed by atoms with Gasteiger partial charge in [0.2, 0.25) is 15.9 Å². The second-order valence-electron chi connectivity index (χ2n) is 4.08. The van der Waals surface area contributed by atoms with Crippen LogP contribution in [0.5, 0.6) is 0 Å². The summed E-state index contributed by atoms with van der Waals surface area (Å²) in [4.78, 5) is 13.0. The van der Waals surface area contributed by atoms with E-state index in [1.54, 1.807) is 0 Å². The van der Waals surface area contributed by atoms with E-state index >= 15 is 0 Å². The van der Waals surface area contributed by atoms with Crippen LogP contribution in [-0.4, -0.2) is 62.4 Å². The van der Waals surface area contributed by atoms with Gasteiger partial charge in [-0.25, -0.2) is 13.6 Å². The van der Waals surface area contributed by atoms with Crippen molar-refractivity contribution in [2.24, 2.45) is 5.14 Å². The number of nitrogens with zero attached hydrogens (tertiary/aromatic N) is 1. The zero-order chi connectivity index (χ0) is 12.9. The van der Waals surface area contributed by atoms with E-state index in [0.29, 0.717) is 19.6 Å². The summed E-state index contributed by atoms with van der Waals surface area (Å²) in [6, 6.07) is 0. The smallest absolute Gasteiger partial charge is 0.224 e. The summed E-state index contributed by atoms with van der Waals surface area (Å²) >= 11 is 0. The lowest BCUT2D eigenvalue weighted by Gasteiger charge is -2.16. The Kier molecular flexibility index (Phi) is 5.31. The van der Waals surface area contributed by atoms with Gasteiger partial charge in [-0.2, -0.15) is 0 Å². The third-order valence-corrected chi connectivity index (χ3v) is 3.96. The maximum atomic E-state index is 11.5. The molecule has 1 aliphatic heterocycles. The molecule has 0 aromatic carbocycles. The molecule has 4 N–H and O–H groups in total. The second-order valence-corrected chi connectivity index (χ2v) is 5.93. The van der Waals surface area contributed by atoms with Crippen LogP contribution in [0.2, 0.25) is 0 Å². The minimum absolute atomic E-state index is 0.0110. The number of likely N-dealkylation sites (tertiary alicyclic amines) is 1. The van der Waals surface area contributed by atoms with E-state index in [1.807, 2.05) is 0 Å². The van der Waals surface area contributed by atoms with Gasteiger partial charge in [0.05, 0.1) is 6.61 Å². The van der Waals surface area contributed by atoms with Gasteiger partial charge in [-0.15, -0.1) is 0 Å². The van der Waals surface area contributed by atoms with Crippen molar-refractivity contribution in [3.05, 3.63) is 0 Å². The summed E-state index contributed by atoms with van der Waals surface area (Å²) in [6.45, 7) is 2.00. The van der Waals surface area contributed by atoms with Crippen LogP contribution in [0.25, 0.3) is 0 Å². The van der Waals surface area contributed by atoms with Crippen LogP contribution in [-0.2, 0) is 14.8 Å². The second kappa shape index (κ2) is 6.29. The fourth-order valence-electron chi connectivity index (χ4n) is 1.77. The van der Waals surface area contributed by atoms with Crippen LogP contribution >= 0.6 is 0 Å². The average Bonchev–Trinajstić information content (AvgIpc) is 2.60. The molecule has 0 aliphatic carbocycles. The Labute approximate surface area is 101 Å². The predicted octanol–water partition coefficient (Wildman–Crippen LogP) is -2.15. The molecule has 0 bridgehead atoms. The minimum Gasteiger partial charge on any atom is -0.395 e. The lowest BCUT2D eigenvalue weighted by molar-refractivity contribution is -0.127. The molecule has 0 aromatic rings. The van der Waals surface area contributed by atoms with Crippen LogP contribution in [0.15, 0.2) is 0 Å². The first-order chi connectivity index (χ1) is 7.95. The molecule has 100 valence electrons. The summed E-state index contributed by atoms with van der Waals surface area (Å²) in [7, 11) is -3.62. The number of aliphatic hydroxyl groups is 1. The average molecular weight is 265 g/mol. The minimum atomic E-state index is -3.62. The van der Waals surface area contributed by atoms with Crippen LogP contribution in [0.4, 0.5) is 0 Å². The molecule has 0 saturated carbocycles. The Balaban J connectivity index is 2.29. The molecule has 1 saturated heterocycles. The maximum Gasteiger partial charge on any atom is 0.224 e. The molecule has 1 heterocycles. The van der Waals surface area contributed by atoms with Crippen LogP contribution < -0.4 is 10.5 Å². The van der Waals surface area contributed by atoms with E-state index < -0.39 is 15.3 Å². The number of primary sulfonamides is 1. The van der Waals surface area contributed by atoms with Crippen LogP contribution in [0.3, 0.4) is 0 Å². The van der Waals surface area contributed by atoms with Gasteiger partial charge in [0, 0.05) is 26.1 Å². The van der Waals surface area contributed by atoms with E-state index in [9.17, 15) is 13.2 Å². The number of nitrogens with one attached hydrogen (secondary N) is 1. The van der Waals surface area contributed by atoms with Gasteiger partial charge < -0.3 is 15.3 Å². The van der Waals surface area contributed by atoms with Crippen molar-refractivity contribution >= 4 is 15.9 Å². The van der Waals surface area contributed by atoms with Crippen molar-refractivity contribution in [2.45, 2.75) is 18.1 Å². The number of aliphatic hydroxyl groups excluding tert-OH is 1. The summed E-state index contributed by atoms with van der Waals surface area (Å²) in [5.74, 6) is -0.161. The molecule has 8 heteroatoms. The van der Waals surface area contributed by atoms with Gasteiger partial charge >= 0.3 is 0 Å². The normalized spacial score (nSPS) is 21.2. The van der Waals surface area contributed by atoms with Gasteiger partial charge in [-0.1, -0.05) is 0 Å². The molecule has 1 rings (SSSR count). The first-order valence-electron chi connectivity index (χ1n) is 5.56. The lowest BCUT2D eigenvalue weighted by Crippen LogP contribution is -2.33. The lowest BCUT2D eigenvalue weighted by atomic mass is 10.4. The Bertz CT molecular complexity index is 357. The molecule has 7 nitrogen and oxygen atoms in total. The number of carbonyl (C=O) groups excluding carboxylic acids is 1. The largest absolute Gasteiger partial charge is 0.395 e. The van der Waals surface area contributed by atoms with Gasteiger partial charge in [0.25, 0.3) is 0 Å². The van der Waals surface area contributed by atoms with E-state index in [4.69, 9.17) is 10.2 Å². The van der Waals surface area contributed by atoms with Gasteiger partial charge in [0.15, 0.2) is 0 Å². The molecule has 1 aliphatic rings. The molecular weight excluding hydrogens is 246 g/mol. The highest BCUT2D eigenvalue weighted by molar-refractivity contribution is 7.89. The summed E-state index contributed by atoms with van der Waals surface area (Å²) in [5, 5.41) is 15.8. The quantitative estimate of drug-likeness (QED) is 0.454. The third kappa shape index (κ3) is 4.58. The molecule has 17 heavy (non-hydrogen) atoms. The zero-order valence-corrected chi connectivity index (χ0v) is 10.4. The van der Waals surface area contributed by atoms with Crippen molar-refractivity contribution in [1.82, 2.24) is 10.2 Å². The monoisotopic (exact) mass is 265 g/mol. The molecule has 0 aromatic heterocycles. The number of hydrogen-bond acceptors (Lipinski definition) is 5. The standard InChI is InChI=1S/C9H19N3O4S/c10-17(15,16)8-6-9(14)12(7-8)4-1-2-11-3-5-13/h8,11,13H,1-7H2,(H2,10,15,16). The fourth-order valence-corrected chi connectivity index (χ4v) is 2.53. The number of rotatable bonds is 7. The summed E-state index contributed by atoms with van der Waals surface area (Å²) in [6.07, 6.45) is 0.714. The topological polar surface area (TPSA) is 113 Å². The molecule has 1 amide bonds. The zero-order valence-electron chi connectivity index (χ0n) is 9.63. The Hall–Kier alpha value is -0.700. The molecular formula is C9H19N3O4S. The van der Waals surface area contributed by atoms with Crippen molar-refractivity contribution in [2.75, 3.05) is 32.8 Å². The highest BCUT2D eigenvalue weighted by atomic mass is 32.2. The number of amides is 1. The van der Waals surface area contributed by atoms with Crippen molar-refractivity contribution in [1.29, 1.82) is 0 Å². The Morgan fingerprint density at radius 3 is 2.71 bits per heavy atom. The van der Waals surface area contributed by atoms with Crippen molar-refractivity contribution < 1.29 is 18.3 Å². The highest BCUT2D eigenvalue weighted by Crippen LogP contribution is 2.16. The molecule has 1 fully saturated rings. The molecule has 0 spiro atoms. The first kappa shape index (κ1) is 14.4. The van der Waals surface area contributed by atoms with E-state index in [-0.39, 0.29) is 25.5 Å². The predicted molar refractivity (Wildman–Crippen MR) is 62.7 cm³/mol. The highest BCUT2D eigenvalue weighted by Gasteiger charge is 2.35. The Morgan fingerprint density at radius 1 is 1.47 bits per heavy atom. The molecule has 0 radical (unpaired) electrons. The van der Waals surface area contributed by atoms with E-state index in [2.05, 4.69) is 5.32 Å². The number of nitrogens with two attached hydrogens (primary N) is 1. The van der Waals surface area contributed by atoms with Gasteiger partial charge in [-0.3, -0.25) is 4.79 Å². The first-order valence-corrected chi connectivity index (χ1v) is 7.17. The Morgan fingerprint density at radius 2 is 2.18 bits per heavy atom. The van der Waals surface area contributed by atoms with Crippen molar-refractivity contribution in [3.63, 3.8) is 0 Å². The maximum absolute atomic E-state index is 11.5. The van der Waals surface area contributed by atoms with Crippen molar-refractivity contribution in [3.8, 4) is 0 Å². The fraction of sp³-hybridized carbons (Fsp3) is 0.889. The van der Waals surface area contributed by atoms with Gasteiger partial charge in [-0.05, 0) is 13.0 Å². The number of hydrogen-bond donors (Lipinski definition) is 3. The summed E-state index contributed by atoms with van der Waals surface area (Å²) in [5.41, 5.74) is 0. The van der Waals surface area contributed by atoms with E-state index in [1.165, 1.54) is 4.90 Å². The van der Waals surface area contributed by atoms with Gasteiger partial charge in [0.1, 0.15) is 5.25 Å². The molecule has 1 atom stereocenters. The SMILES string of the molecule is NS(=O)(=O)C1CC(=O)N(CCCNCCO)C1. The number of carbonyl (C=O) groups is 1. The number of sulfonamides is 1.